The molecule has 1 aliphatic rings. The summed E-state index contributed by atoms with van der Waals surface area (Å²) in [7, 11) is -1.58. The van der Waals surface area contributed by atoms with Crippen LogP contribution < -0.4 is 5.73 Å². The van der Waals surface area contributed by atoms with E-state index in [9.17, 15) is 8.42 Å². The zero-order valence-corrected chi connectivity index (χ0v) is 10.5. The van der Waals surface area contributed by atoms with Crippen LogP contribution in [0.2, 0.25) is 0 Å². The largest absolute Gasteiger partial charge is 0.384 e. The lowest BCUT2D eigenvalue weighted by molar-refractivity contribution is 0.216. The summed E-state index contributed by atoms with van der Waals surface area (Å²) in [6.07, 6.45) is 1.56. The van der Waals surface area contributed by atoms with Crippen molar-refractivity contribution < 1.29 is 13.2 Å². The van der Waals surface area contributed by atoms with Gasteiger partial charge in [-0.15, -0.1) is 0 Å². The molecule has 5 heteroatoms. The first-order valence-electron chi connectivity index (χ1n) is 5.27. The number of ether oxygens (including phenoxy) is 1. The maximum atomic E-state index is 11.9. The Kier molecular flexibility index (Phi) is 3.79. The van der Waals surface area contributed by atoms with Gasteiger partial charge < -0.3 is 10.5 Å². The zero-order chi connectivity index (χ0) is 11.7. The first kappa shape index (κ1) is 12.9. The SMILES string of the molecule is COCCS(=O)(=O)C1CCC(C)(C)C1N. The Balaban J connectivity index is 2.74. The minimum atomic E-state index is -3.09. The summed E-state index contributed by atoms with van der Waals surface area (Å²) in [6.45, 7) is 4.32. The van der Waals surface area contributed by atoms with Gasteiger partial charge in [0, 0.05) is 13.2 Å². The van der Waals surface area contributed by atoms with Gasteiger partial charge in [-0.1, -0.05) is 13.8 Å². The third kappa shape index (κ3) is 2.71. The maximum Gasteiger partial charge on any atom is 0.156 e. The normalized spacial score (nSPS) is 30.7. The topological polar surface area (TPSA) is 69.4 Å². The molecule has 2 unspecified atom stereocenters. The molecular weight excluding hydrogens is 214 g/mol. The van der Waals surface area contributed by atoms with Crippen molar-refractivity contribution in [1.82, 2.24) is 0 Å². The van der Waals surface area contributed by atoms with Crippen LogP contribution >= 0.6 is 0 Å². The molecule has 0 aromatic carbocycles. The van der Waals surface area contributed by atoms with E-state index in [1.165, 1.54) is 7.11 Å². The molecule has 0 saturated heterocycles. The molecule has 1 fully saturated rings. The van der Waals surface area contributed by atoms with Crippen LogP contribution in [0.25, 0.3) is 0 Å². The molecule has 1 aliphatic carbocycles. The minimum absolute atomic E-state index is 0.0647. The van der Waals surface area contributed by atoms with Crippen LogP contribution in [0.15, 0.2) is 0 Å². The Bertz CT molecular complexity index is 311. The second kappa shape index (κ2) is 4.39. The van der Waals surface area contributed by atoms with Gasteiger partial charge in [0.1, 0.15) is 0 Å². The average molecular weight is 235 g/mol. The molecule has 0 radical (unpaired) electrons. The van der Waals surface area contributed by atoms with E-state index in [4.69, 9.17) is 10.5 Å². The smallest absolute Gasteiger partial charge is 0.156 e. The second-order valence-electron chi connectivity index (χ2n) is 4.95. The van der Waals surface area contributed by atoms with Crippen molar-refractivity contribution in [2.75, 3.05) is 19.5 Å². The molecule has 0 aromatic rings. The van der Waals surface area contributed by atoms with Crippen LogP contribution in [0.1, 0.15) is 26.7 Å². The van der Waals surface area contributed by atoms with E-state index in [2.05, 4.69) is 0 Å². The fourth-order valence-electron chi connectivity index (χ4n) is 2.12. The van der Waals surface area contributed by atoms with Gasteiger partial charge in [0.05, 0.1) is 17.6 Å². The molecular formula is C10H21NO3S. The van der Waals surface area contributed by atoms with Crippen molar-refractivity contribution in [3.63, 3.8) is 0 Å². The first-order chi connectivity index (χ1) is 6.81. The van der Waals surface area contributed by atoms with Crippen LogP contribution in [0.5, 0.6) is 0 Å². The van der Waals surface area contributed by atoms with Crippen LogP contribution in [0, 0.1) is 5.41 Å². The molecule has 1 saturated carbocycles. The summed E-state index contributed by atoms with van der Waals surface area (Å²) in [5.74, 6) is 0.0813. The van der Waals surface area contributed by atoms with E-state index in [1.54, 1.807) is 0 Å². The Morgan fingerprint density at radius 2 is 2.07 bits per heavy atom. The zero-order valence-electron chi connectivity index (χ0n) is 9.69. The number of hydrogen-bond acceptors (Lipinski definition) is 4. The minimum Gasteiger partial charge on any atom is -0.384 e. The van der Waals surface area contributed by atoms with Crippen LogP contribution in [-0.2, 0) is 14.6 Å². The van der Waals surface area contributed by atoms with Crippen molar-refractivity contribution in [3.8, 4) is 0 Å². The van der Waals surface area contributed by atoms with Crippen molar-refractivity contribution in [3.05, 3.63) is 0 Å². The van der Waals surface area contributed by atoms with E-state index in [0.29, 0.717) is 6.42 Å². The predicted molar refractivity (Wildman–Crippen MR) is 60.4 cm³/mol. The second-order valence-corrected chi connectivity index (χ2v) is 7.29. The number of hydrogen-bond donors (Lipinski definition) is 1. The predicted octanol–water partition coefficient (Wildman–Crippen LogP) is 0.564. The number of sulfone groups is 1. The molecule has 0 aromatic heterocycles. The van der Waals surface area contributed by atoms with Gasteiger partial charge in [0.2, 0.25) is 0 Å². The first-order valence-corrected chi connectivity index (χ1v) is 6.99. The van der Waals surface area contributed by atoms with Gasteiger partial charge in [0.25, 0.3) is 0 Å². The highest BCUT2D eigenvalue weighted by atomic mass is 32.2. The number of methoxy groups -OCH3 is 1. The van der Waals surface area contributed by atoms with Gasteiger partial charge >= 0.3 is 0 Å². The van der Waals surface area contributed by atoms with E-state index in [1.807, 2.05) is 13.8 Å². The van der Waals surface area contributed by atoms with Crippen molar-refractivity contribution in [2.45, 2.75) is 38.0 Å². The molecule has 0 bridgehead atoms. The lowest BCUT2D eigenvalue weighted by atomic mass is 9.88. The number of nitrogens with two attached hydrogens (primary N) is 1. The molecule has 0 amide bonds. The standard InChI is InChI=1S/C10H21NO3S/c1-10(2)5-4-8(9(10)11)15(12,13)7-6-14-3/h8-9H,4-7,11H2,1-3H3. The van der Waals surface area contributed by atoms with Crippen LogP contribution in [-0.4, -0.2) is 39.2 Å². The van der Waals surface area contributed by atoms with Gasteiger partial charge in [-0.25, -0.2) is 8.42 Å². The van der Waals surface area contributed by atoms with E-state index in [-0.39, 0.29) is 29.1 Å². The third-order valence-corrected chi connectivity index (χ3v) is 5.60. The molecule has 2 N–H and O–H groups in total. The molecule has 90 valence electrons. The summed E-state index contributed by atoms with van der Waals surface area (Å²) < 4.78 is 28.7. The number of rotatable bonds is 4. The Hall–Kier alpha value is -0.130. The lowest BCUT2D eigenvalue weighted by Gasteiger charge is -2.26. The summed E-state index contributed by atoms with van der Waals surface area (Å²) in [5, 5.41) is -0.386. The fraction of sp³-hybridized carbons (Fsp3) is 1.00. The van der Waals surface area contributed by atoms with E-state index >= 15 is 0 Å². The third-order valence-electron chi connectivity index (χ3n) is 3.41. The van der Waals surface area contributed by atoms with E-state index in [0.717, 1.165) is 6.42 Å². The quantitative estimate of drug-likeness (QED) is 0.773. The monoisotopic (exact) mass is 235 g/mol. The Morgan fingerprint density at radius 1 is 1.47 bits per heavy atom. The summed E-state index contributed by atoms with van der Waals surface area (Å²) in [6, 6.07) is -0.251. The van der Waals surface area contributed by atoms with E-state index < -0.39 is 9.84 Å². The fourth-order valence-corrected chi connectivity index (χ4v) is 4.11. The van der Waals surface area contributed by atoms with Crippen molar-refractivity contribution >= 4 is 9.84 Å². The molecule has 0 spiro atoms. The van der Waals surface area contributed by atoms with Gasteiger partial charge in [-0.2, -0.15) is 0 Å². The Labute approximate surface area is 92.1 Å². The van der Waals surface area contributed by atoms with Crippen molar-refractivity contribution in [2.24, 2.45) is 11.1 Å². The maximum absolute atomic E-state index is 11.9. The summed E-state index contributed by atoms with van der Waals surface area (Å²) in [5.41, 5.74) is 5.93. The molecule has 15 heavy (non-hydrogen) atoms. The lowest BCUT2D eigenvalue weighted by Crippen LogP contribution is -2.44. The average Bonchev–Trinajstić information content (AvgIpc) is 2.40. The van der Waals surface area contributed by atoms with Crippen molar-refractivity contribution in [1.29, 1.82) is 0 Å². The van der Waals surface area contributed by atoms with Gasteiger partial charge in [-0.3, -0.25) is 0 Å². The molecule has 1 rings (SSSR count). The molecule has 0 aliphatic heterocycles. The molecule has 4 nitrogen and oxygen atoms in total. The highest BCUT2D eigenvalue weighted by Gasteiger charge is 2.45. The molecule has 0 heterocycles. The highest BCUT2D eigenvalue weighted by Crippen LogP contribution is 2.39. The van der Waals surface area contributed by atoms with Gasteiger partial charge in [0.15, 0.2) is 9.84 Å². The summed E-state index contributed by atoms with van der Waals surface area (Å²) >= 11 is 0. The molecule has 2 atom stereocenters. The highest BCUT2D eigenvalue weighted by molar-refractivity contribution is 7.92. The van der Waals surface area contributed by atoms with Crippen LogP contribution in [0.4, 0.5) is 0 Å². The summed E-state index contributed by atoms with van der Waals surface area (Å²) in [4.78, 5) is 0. The van der Waals surface area contributed by atoms with Crippen LogP contribution in [0.3, 0.4) is 0 Å². The van der Waals surface area contributed by atoms with Gasteiger partial charge in [-0.05, 0) is 18.3 Å². The Morgan fingerprint density at radius 3 is 2.47 bits per heavy atom.